The van der Waals surface area contributed by atoms with Gasteiger partial charge in [0.15, 0.2) is 5.13 Å². The Morgan fingerprint density at radius 2 is 2.03 bits per heavy atom. The van der Waals surface area contributed by atoms with Gasteiger partial charge in [-0.05, 0) is 43.7 Å². The zero-order valence-corrected chi connectivity index (χ0v) is 17.2. The van der Waals surface area contributed by atoms with Gasteiger partial charge in [0.25, 0.3) is 5.91 Å². The van der Waals surface area contributed by atoms with Gasteiger partial charge < -0.3 is 9.30 Å². The normalized spacial score (nSPS) is 11.0. The Bertz CT molecular complexity index is 1100. The lowest BCUT2D eigenvalue weighted by atomic mass is 10.1. The van der Waals surface area contributed by atoms with Gasteiger partial charge in [0.2, 0.25) is 0 Å². The molecule has 0 bridgehead atoms. The van der Waals surface area contributed by atoms with Crippen LogP contribution in [-0.2, 0) is 6.54 Å². The molecule has 0 aliphatic carbocycles. The van der Waals surface area contributed by atoms with Crippen LogP contribution in [0, 0.1) is 6.92 Å². The van der Waals surface area contributed by atoms with Crippen molar-refractivity contribution in [1.82, 2.24) is 14.5 Å². The maximum absolute atomic E-state index is 13.3. The first-order valence-electron chi connectivity index (χ1n) is 9.43. The van der Waals surface area contributed by atoms with E-state index < -0.39 is 0 Å². The number of hydrogen-bond donors (Lipinski definition) is 0. The van der Waals surface area contributed by atoms with Crippen LogP contribution in [0.1, 0.15) is 22.3 Å². The average molecular weight is 407 g/mol. The molecule has 0 saturated carbocycles. The molecule has 4 aromatic rings. The molecule has 1 amide bonds. The topological polar surface area (TPSA) is 60.2 Å². The minimum atomic E-state index is -0.0401. The molecule has 0 aliphatic heterocycles. The summed E-state index contributed by atoms with van der Waals surface area (Å²) in [6.07, 6.45) is 6.27. The van der Waals surface area contributed by atoms with Gasteiger partial charge >= 0.3 is 0 Å². The number of aryl methyl sites for hydroxylation is 2. The third-order valence-electron chi connectivity index (χ3n) is 4.72. The van der Waals surface area contributed by atoms with Crippen molar-refractivity contribution in [2.45, 2.75) is 19.9 Å². The Kier molecular flexibility index (Phi) is 5.57. The fourth-order valence-electron chi connectivity index (χ4n) is 3.10. The lowest BCUT2D eigenvalue weighted by Gasteiger charge is -2.20. The van der Waals surface area contributed by atoms with Crippen LogP contribution in [0.4, 0.5) is 5.13 Å². The van der Waals surface area contributed by atoms with Crippen LogP contribution in [0.15, 0.2) is 61.2 Å². The average Bonchev–Trinajstić information content (AvgIpc) is 3.40. The van der Waals surface area contributed by atoms with Gasteiger partial charge in [-0.15, -0.1) is 0 Å². The van der Waals surface area contributed by atoms with Crippen molar-refractivity contribution in [2.24, 2.45) is 0 Å². The number of hydrogen-bond acceptors (Lipinski definition) is 5. The number of anilines is 1. The van der Waals surface area contributed by atoms with E-state index in [0.29, 0.717) is 17.2 Å². The van der Waals surface area contributed by atoms with Crippen molar-refractivity contribution in [3.63, 3.8) is 0 Å². The molecule has 2 aromatic heterocycles. The van der Waals surface area contributed by atoms with Gasteiger partial charge in [0.05, 0.1) is 23.7 Å². The smallest absolute Gasteiger partial charge is 0.260 e. The van der Waals surface area contributed by atoms with Gasteiger partial charge in [-0.1, -0.05) is 29.0 Å². The van der Waals surface area contributed by atoms with Crippen molar-refractivity contribution in [2.75, 3.05) is 18.6 Å². The van der Waals surface area contributed by atoms with Crippen LogP contribution in [0.25, 0.3) is 10.2 Å². The van der Waals surface area contributed by atoms with Crippen LogP contribution < -0.4 is 9.64 Å². The molecule has 0 spiro atoms. The summed E-state index contributed by atoms with van der Waals surface area (Å²) in [7, 11) is 1.65. The molecule has 0 N–H and O–H groups in total. The number of carbonyl (C=O) groups is 1. The summed E-state index contributed by atoms with van der Waals surface area (Å²) in [6.45, 7) is 3.37. The van der Waals surface area contributed by atoms with E-state index in [-0.39, 0.29) is 5.91 Å². The second-order valence-electron chi connectivity index (χ2n) is 6.81. The first kappa shape index (κ1) is 19.1. The van der Waals surface area contributed by atoms with E-state index in [9.17, 15) is 4.79 Å². The zero-order valence-electron chi connectivity index (χ0n) is 16.4. The molecule has 0 aliphatic rings. The predicted molar refractivity (Wildman–Crippen MR) is 116 cm³/mol. The van der Waals surface area contributed by atoms with Gasteiger partial charge in [-0.2, -0.15) is 0 Å². The molecule has 0 radical (unpaired) electrons. The van der Waals surface area contributed by atoms with Crippen LogP contribution in [0.5, 0.6) is 5.75 Å². The third kappa shape index (κ3) is 4.30. The maximum Gasteiger partial charge on any atom is 0.260 e. The summed E-state index contributed by atoms with van der Waals surface area (Å²) in [6, 6.07) is 13.4. The molecule has 6 nitrogen and oxygen atoms in total. The number of benzene rings is 2. The zero-order chi connectivity index (χ0) is 20.2. The molecule has 0 unspecified atom stereocenters. The number of fused-ring (bicyclic) bond motifs is 1. The molecule has 29 heavy (non-hydrogen) atoms. The predicted octanol–water partition coefficient (Wildman–Crippen LogP) is 4.55. The molecular formula is C22H22N4O2S. The number of thiazole rings is 1. The van der Waals surface area contributed by atoms with Gasteiger partial charge in [0, 0.05) is 31.0 Å². The highest BCUT2D eigenvalue weighted by Gasteiger charge is 2.21. The molecular weight excluding hydrogens is 384 g/mol. The minimum absolute atomic E-state index is 0.0401. The summed E-state index contributed by atoms with van der Waals surface area (Å²) in [5.41, 5.74) is 2.65. The van der Waals surface area contributed by atoms with E-state index in [0.717, 1.165) is 34.5 Å². The second-order valence-corrected chi connectivity index (χ2v) is 7.82. The summed E-state index contributed by atoms with van der Waals surface area (Å²) in [4.78, 5) is 23.9. The van der Waals surface area contributed by atoms with Crippen LogP contribution in [0.2, 0.25) is 0 Å². The van der Waals surface area contributed by atoms with Crippen molar-refractivity contribution in [1.29, 1.82) is 0 Å². The van der Waals surface area contributed by atoms with E-state index in [1.165, 1.54) is 11.3 Å². The highest BCUT2D eigenvalue weighted by Crippen LogP contribution is 2.32. The van der Waals surface area contributed by atoms with Gasteiger partial charge in [-0.25, -0.2) is 9.97 Å². The fourth-order valence-corrected chi connectivity index (χ4v) is 4.12. The number of methoxy groups -OCH3 is 1. The first-order chi connectivity index (χ1) is 14.1. The number of rotatable bonds is 7. The van der Waals surface area contributed by atoms with E-state index >= 15 is 0 Å². The van der Waals surface area contributed by atoms with Crippen molar-refractivity contribution < 1.29 is 9.53 Å². The lowest BCUT2D eigenvalue weighted by molar-refractivity contribution is 0.0986. The standard InChI is InChI=1S/C22H22N4O2S/c1-16-4-6-17(7-5-16)21(27)26(12-3-11-25-13-10-23-15-25)22-24-19-9-8-18(28-2)14-20(19)29-22/h4-10,13-15H,3,11-12H2,1-2H3. The van der Waals surface area contributed by atoms with Gasteiger partial charge in [0.1, 0.15) is 5.75 Å². The summed E-state index contributed by atoms with van der Waals surface area (Å²) < 4.78 is 8.32. The molecule has 2 aromatic carbocycles. The summed E-state index contributed by atoms with van der Waals surface area (Å²) >= 11 is 1.50. The molecule has 4 rings (SSSR count). The first-order valence-corrected chi connectivity index (χ1v) is 10.2. The SMILES string of the molecule is COc1ccc2nc(N(CCCn3ccnc3)C(=O)c3ccc(C)cc3)sc2c1. The Hall–Kier alpha value is -3.19. The van der Waals surface area contributed by atoms with E-state index in [4.69, 9.17) is 9.72 Å². The Morgan fingerprint density at radius 1 is 1.21 bits per heavy atom. The number of ether oxygens (including phenoxy) is 1. The molecule has 7 heteroatoms. The molecule has 0 fully saturated rings. The van der Waals surface area contributed by atoms with Crippen molar-refractivity contribution >= 4 is 32.6 Å². The number of aromatic nitrogens is 3. The number of nitrogens with zero attached hydrogens (tertiary/aromatic N) is 4. The van der Waals surface area contributed by atoms with Crippen molar-refractivity contribution in [3.05, 3.63) is 72.3 Å². The monoisotopic (exact) mass is 406 g/mol. The number of carbonyl (C=O) groups excluding carboxylic acids is 1. The summed E-state index contributed by atoms with van der Waals surface area (Å²) in [5, 5.41) is 0.699. The Labute approximate surface area is 173 Å². The largest absolute Gasteiger partial charge is 0.497 e. The Balaban J connectivity index is 1.63. The second kappa shape index (κ2) is 8.45. The van der Waals surface area contributed by atoms with Gasteiger partial charge in [-0.3, -0.25) is 9.69 Å². The molecule has 148 valence electrons. The Morgan fingerprint density at radius 3 is 2.76 bits per heavy atom. The highest BCUT2D eigenvalue weighted by molar-refractivity contribution is 7.22. The highest BCUT2D eigenvalue weighted by atomic mass is 32.1. The maximum atomic E-state index is 13.3. The lowest BCUT2D eigenvalue weighted by Crippen LogP contribution is -2.32. The molecule has 2 heterocycles. The third-order valence-corrected chi connectivity index (χ3v) is 5.76. The molecule has 0 atom stereocenters. The molecule has 0 saturated heterocycles. The fraction of sp³-hybridized carbons (Fsp3) is 0.227. The quantitative estimate of drug-likeness (QED) is 0.452. The van der Waals surface area contributed by atoms with E-state index in [1.54, 1.807) is 24.5 Å². The minimum Gasteiger partial charge on any atom is -0.497 e. The van der Waals surface area contributed by atoms with Crippen LogP contribution in [0.3, 0.4) is 0 Å². The van der Waals surface area contributed by atoms with E-state index in [1.807, 2.05) is 60.2 Å². The van der Waals surface area contributed by atoms with E-state index in [2.05, 4.69) is 4.98 Å². The van der Waals surface area contributed by atoms with Crippen molar-refractivity contribution in [3.8, 4) is 5.75 Å². The number of amides is 1. The van der Waals surface area contributed by atoms with Crippen LogP contribution in [-0.4, -0.2) is 34.1 Å². The van der Waals surface area contributed by atoms with Crippen LogP contribution >= 0.6 is 11.3 Å². The summed E-state index contributed by atoms with van der Waals surface area (Å²) in [5.74, 6) is 0.742. The number of imidazole rings is 1.